The van der Waals surface area contributed by atoms with Crippen molar-refractivity contribution < 1.29 is 4.74 Å². The van der Waals surface area contributed by atoms with Crippen LogP contribution in [0.3, 0.4) is 0 Å². The molecule has 1 aromatic carbocycles. The van der Waals surface area contributed by atoms with Crippen LogP contribution in [0.25, 0.3) is 0 Å². The zero-order valence-corrected chi connectivity index (χ0v) is 11.5. The van der Waals surface area contributed by atoms with E-state index >= 15 is 0 Å². The molecule has 18 heavy (non-hydrogen) atoms. The fourth-order valence-corrected chi connectivity index (χ4v) is 1.70. The van der Waals surface area contributed by atoms with E-state index in [9.17, 15) is 0 Å². The summed E-state index contributed by atoms with van der Waals surface area (Å²) in [5.41, 5.74) is 1.27. The van der Waals surface area contributed by atoms with Gasteiger partial charge < -0.3 is 15.0 Å². The summed E-state index contributed by atoms with van der Waals surface area (Å²) in [4.78, 5) is 6.36. The lowest BCUT2D eigenvalue weighted by Crippen LogP contribution is -2.39. The maximum atomic E-state index is 5.29. The molecule has 0 aliphatic carbocycles. The van der Waals surface area contributed by atoms with Crippen molar-refractivity contribution in [3.8, 4) is 0 Å². The van der Waals surface area contributed by atoms with Crippen LogP contribution in [-0.2, 0) is 11.3 Å². The molecule has 0 spiro atoms. The fourth-order valence-electron chi connectivity index (χ4n) is 1.70. The number of hydrogen-bond acceptors (Lipinski definition) is 2. The van der Waals surface area contributed by atoms with E-state index in [2.05, 4.69) is 39.5 Å². The summed E-state index contributed by atoms with van der Waals surface area (Å²) in [6.45, 7) is 5.07. The highest BCUT2D eigenvalue weighted by atomic mass is 16.5. The van der Waals surface area contributed by atoms with Crippen molar-refractivity contribution in [2.75, 3.05) is 33.9 Å². The van der Waals surface area contributed by atoms with Crippen molar-refractivity contribution >= 4 is 5.96 Å². The lowest BCUT2D eigenvalue weighted by molar-refractivity contribution is 0.152. The second-order valence-corrected chi connectivity index (χ2v) is 4.01. The Morgan fingerprint density at radius 2 is 2.06 bits per heavy atom. The van der Waals surface area contributed by atoms with Crippen LogP contribution in [0, 0.1) is 0 Å². The van der Waals surface area contributed by atoms with E-state index in [-0.39, 0.29) is 0 Å². The molecule has 0 fully saturated rings. The van der Waals surface area contributed by atoms with Gasteiger partial charge in [-0.3, -0.25) is 4.99 Å². The first-order valence-corrected chi connectivity index (χ1v) is 6.31. The van der Waals surface area contributed by atoms with E-state index in [1.165, 1.54) is 5.56 Å². The van der Waals surface area contributed by atoms with Gasteiger partial charge in [0.15, 0.2) is 5.96 Å². The Bertz CT molecular complexity index is 351. The second kappa shape index (κ2) is 8.53. The highest BCUT2D eigenvalue weighted by Gasteiger charge is 2.05. The monoisotopic (exact) mass is 249 g/mol. The number of hydrogen-bond donors (Lipinski definition) is 1. The Morgan fingerprint density at radius 3 is 2.67 bits per heavy atom. The van der Waals surface area contributed by atoms with E-state index in [0.29, 0.717) is 6.61 Å². The van der Waals surface area contributed by atoms with E-state index in [1.54, 1.807) is 7.05 Å². The molecule has 4 heteroatoms. The maximum absolute atomic E-state index is 5.29. The van der Waals surface area contributed by atoms with Crippen molar-refractivity contribution in [1.82, 2.24) is 10.2 Å². The van der Waals surface area contributed by atoms with Crippen molar-refractivity contribution in [2.45, 2.75) is 13.5 Å². The number of ether oxygens (including phenoxy) is 1. The first-order valence-electron chi connectivity index (χ1n) is 6.31. The SMILES string of the molecule is CCOCCNC(=NC)N(C)Cc1ccccc1. The Labute approximate surface area is 110 Å². The number of rotatable bonds is 6. The summed E-state index contributed by atoms with van der Waals surface area (Å²) >= 11 is 0. The average Bonchev–Trinajstić information content (AvgIpc) is 2.40. The van der Waals surface area contributed by atoms with Crippen LogP contribution in [-0.4, -0.2) is 44.7 Å². The Morgan fingerprint density at radius 1 is 1.33 bits per heavy atom. The zero-order valence-electron chi connectivity index (χ0n) is 11.5. The topological polar surface area (TPSA) is 36.9 Å². The van der Waals surface area contributed by atoms with Crippen molar-refractivity contribution in [3.63, 3.8) is 0 Å². The first-order chi connectivity index (χ1) is 8.77. The molecule has 0 heterocycles. The fraction of sp³-hybridized carbons (Fsp3) is 0.500. The van der Waals surface area contributed by atoms with Gasteiger partial charge in [-0.25, -0.2) is 0 Å². The van der Waals surface area contributed by atoms with Gasteiger partial charge in [-0.05, 0) is 12.5 Å². The molecule has 1 N–H and O–H groups in total. The number of benzene rings is 1. The minimum Gasteiger partial charge on any atom is -0.380 e. The quantitative estimate of drug-likeness (QED) is 0.474. The molecule has 1 rings (SSSR count). The molecule has 1 aromatic rings. The predicted molar refractivity (Wildman–Crippen MR) is 75.8 cm³/mol. The number of nitrogens with zero attached hydrogens (tertiary/aromatic N) is 2. The minimum absolute atomic E-state index is 0.703. The second-order valence-electron chi connectivity index (χ2n) is 4.01. The Hall–Kier alpha value is -1.55. The van der Waals surface area contributed by atoms with Crippen LogP contribution in [0.1, 0.15) is 12.5 Å². The summed E-state index contributed by atoms with van der Waals surface area (Å²) in [5.74, 6) is 0.888. The molecule has 0 aliphatic rings. The standard InChI is InChI=1S/C14H23N3O/c1-4-18-11-10-16-14(15-2)17(3)12-13-8-6-5-7-9-13/h5-9H,4,10-12H2,1-3H3,(H,15,16). The van der Waals surface area contributed by atoms with E-state index < -0.39 is 0 Å². The van der Waals surface area contributed by atoms with Gasteiger partial charge in [0.1, 0.15) is 0 Å². The van der Waals surface area contributed by atoms with Gasteiger partial charge in [-0.2, -0.15) is 0 Å². The third kappa shape index (κ3) is 5.19. The van der Waals surface area contributed by atoms with Gasteiger partial charge in [0.25, 0.3) is 0 Å². The Kier molecular flexibility index (Phi) is 6.87. The summed E-state index contributed by atoms with van der Waals surface area (Å²) in [7, 11) is 3.83. The summed E-state index contributed by atoms with van der Waals surface area (Å²) in [6.07, 6.45) is 0. The molecule has 0 radical (unpaired) electrons. The lowest BCUT2D eigenvalue weighted by Gasteiger charge is -2.22. The maximum Gasteiger partial charge on any atom is 0.193 e. The molecule has 0 amide bonds. The molecule has 0 saturated heterocycles. The average molecular weight is 249 g/mol. The van der Waals surface area contributed by atoms with Crippen molar-refractivity contribution in [1.29, 1.82) is 0 Å². The van der Waals surface area contributed by atoms with Crippen LogP contribution in [0.15, 0.2) is 35.3 Å². The highest BCUT2D eigenvalue weighted by Crippen LogP contribution is 2.02. The molecule has 0 aromatic heterocycles. The van der Waals surface area contributed by atoms with Gasteiger partial charge in [-0.1, -0.05) is 30.3 Å². The van der Waals surface area contributed by atoms with Gasteiger partial charge in [0.05, 0.1) is 6.61 Å². The van der Waals surface area contributed by atoms with E-state index in [0.717, 1.165) is 25.7 Å². The van der Waals surface area contributed by atoms with Crippen LogP contribution >= 0.6 is 0 Å². The smallest absolute Gasteiger partial charge is 0.193 e. The summed E-state index contributed by atoms with van der Waals surface area (Å²) < 4.78 is 5.29. The molecule has 100 valence electrons. The van der Waals surface area contributed by atoms with Crippen LogP contribution in [0.5, 0.6) is 0 Å². The van der Waals surface area contributed by atoms with Crippen LogP contribution in [0.4, 0.5) is 0 Å². The van der Waals surface area contributed by atoms with Gasteiger partial charge in [-0.15, -0.1) is 0 Å². The van der Waals surface area contributed by atoms with Gasteiger partial charge in [0.2, 0.25) is 0 Å². The first kappa shape index (κ1) is 14.5. The third-order valence-corrected chi connectivity index (χ3v) is 2.57. The normalized spacial score (nSPS) is 11.4. The largest absolute Gasteiger partial charge is 0.380 e. The molecule has 0 unspecified atom stereocenters. The lowest BCUT2D eigenvalue weighted by atomic mass is 10.2. The van der Waals surface area contributed by atoms with E-state index in [4.69, 9.17) is 4.74 Å². The summed E-state index contributed by atoms with van der Waals surface area (Å²) in [6, 6.07) is 10.4. The van der Waals surface area contributed by atoms with E-state index in [1.807, 2.05) is 20.0 Å². The molecule has 0 saturated carbocycles. The minimum atomic E-state index is 0.703. The molecule has 0 atom stereocenters. The molecule has 0 aliphatic heterocycles. The summed E-state index contributed by atoms with van der Waals surface area (Å²) in [5, 5.41) is 3.28. The van der Waals surface area contributed by atoms with Crippen LogP contribution < -0.4 is 5.32 Å². The zero-order chi connectivity index (χ0) is 13.2. The Balaban J connectivity index is 2.40. The third-order valence-electron chi connectivity index (χ3n) is 2.57. The number of guanidine groups is 1. The molecular formula is C14H23N3O. The van der Waals surface area contributed by atoms with Crippen molar-refractivity contribution in [2.24, 2.45) is 4.99 Å². The number of nitrogens with one attached hydrogen (secondary N) is 1. The van der Waals surface area contributed by atoms with Gasteiger partial charge >= 0.3 is 0 Å². The molecule has 4 nitrogen and oxygen atoms in total. The number of aliphatic imine (C=N–C) groups is 1. The molecular weight excluding hydrogens is 226 g/mol. The van der Waals surface area contributed by atoms with Gasteiger partial charge in [0, 0.05) is 33.8 Å². The highest BCUT2D eigenvalue weighted by molar-refractivity contribution is 5.79. The van der Waals surface area contributed by atoms with Crippen molar-refractivity contribution in [3.05, 3.63) is 35.9 Å². The molecule has 0 bridgehead atoms. The van der Waals surface area contributed by atoms with Crippen LogP contribution in [0.2, 0.25) is 0 Å². The predicted octanol–water partition coefficient (Wildman–Crippen LogP) is 1.73.